The maximum Gasteiger partial charge on any atom is 0.220 e. The van der Waals surface area contributed by atoms with Crippen molar-refractivity contribution in [1.82, 2.24) is 10.2 Å². The minimum atomic E-state index is 0.0512. The van der Waals surface area contributed by atoms with Gasteiger partial charge in [0.05, 0.1) is 13.2 Å². The van der Waals surface area contributed by atoms with Gasteiger partial charge in [0, 0.05) is 18.0 Å². The van der Waals surface area contributed by atoms with E-state index in [4.69, 9.17) is 16.3 Å². The lowest BCUT2D eigenvalue weighted by Crippen LogP contribution is -2.34. The van der Waals surface area contributed by atoms with Gasteiger partial charge in [-0.25, -0.2) is 0 Å². The van der Waals surface area contributed by atoms with Crippen molar-refractivity contribution in [3.05, 3.63) is 64.7 Å². The Bertz CT molecular complexity index is 669. The van der Waals surface area contributed by atoms with Crippen LogP contribution < -0.4 is 10.1 Å². The van der Waals surface area contributed by atoms with E-state index in [2.05, 4.69) is 10.2 Å². The number of nitrogens with one attached hydrogen (secondary N) is 1. The average molecular weight is 361 g/mol. The van der Waals surface area contributed by atoms with Gasteiger partial charge < -0.3 is 15.0 Å². The summed E-state index contributed by atoms with van der Waals surface area (Å²) < 4.78 is 5.20. The third-order valence-electron chi connectivity index (χ3n) is 4.17. The molecule has 0 fully saturated rings. The van der Waals surface area contributed by atoms with Gasteiger partial charge in [0.1, 0.15) is 5.75 Å². The second-order valence-electron chi connectivity index (χ2n) is 6.18. The second kappa shape index (κ2) is 9.44. The number of hydrogen-bond donors (Lipinski definition) is 1. The van der Waals surface area contributed by atoms with Crippen molar-refractivity contribution in [1.29, 1.82) is 0 Å². The monoisotopic (exact) mass is 360 g/mol. The van der Waals surface area contributed by atoms with Gasteiger partial charge >= 0.3 is 0 Å². The van der Waals surface area contributed by atoms with Gasteiger partial charge in [-0.3, -0.25) is 4.79 Å². The number of likely N-dealkylation sites (N-methyl/N-ethyl adjacent to an activating group) is 1. The first-order chi connectivity index (χ1) is 12.0. The highest BCUT2D eigenvalue weighted by Crippen LogP contribution is 2.20. The van der Waals surface area contributed by atoms with E-state index >= 15 is 0 Å². The van der Waals surface area contributed by atoms with Crippen LogP contribution in [0.4, 0.5) is 0 Å². The quantitative estimate of drug-likeness (QED) is 0.780. The number of carbonyl (C=O) groups is 1. The van der Waals surface area contributed by atoms with Gasteiger partial charge in [0.25, 0.3) is 0 Å². The van der Waals surface area contributed by atoms with Crippen LogP contribution in [0.2, 0.25) is 5.02 Å². The Labute approximate surface area is 154 Å². The topological polar surface area (TPSA) is 41.6 Å². The SMILES string of the molecule is COc1ccc(C(CNC(=O)CCc2ccc(Cl)cc2)N(C)C)cc1. The van der Waals surface area contributed by atoms with Gasteiger partial charge in [-0.05, 0) is 55.9 Å². The van der Waals surface area contributed by atoms with E-state index in [0.717, 1.165) is 16.9 Å². The van der Waals surface area contributed by atoms with Gasteiger partial charge in [0.2, 0.25) is 5.91 Å². The number of hydrogen-bond acceptors (Lipinski definition) is 3. The number of rotatable bonds is 8. The highest BCUT2D eigenvalue weighted by Gasteiger charge is 2.15. The highest BCUT2D eigenvalue weighted by molar-refractivity contribution is 6.30. The number of methoxy groups -OCH3 is 1. The second-order valence-corrected chi connectivity index (χ2v) is 6.62. The number of amides is 1. The van der Waals surface area contributed by atoms with E-state index in [0.29, 0.717) is 24.4 Å². The molecule has 0 saturated heterocycles. The number of ether oxygens (including phenoxy) is 1. The number of aryl methyl sites for hydroxylation is 1. The van der Waals surface area contributed by atoms with Crippen molar-refractivity contribution in [3.8, 4) is 5.75 Å². The van der Waals surface area contributed by atoms with Gasteiger partial charge in [-0.2, -0.15) is 0 Å². The summed E-state index contributed by atoms with van der Waals surface area (Å²) >= 11 is 5.87. The van der Waals surface area contributed by atoms with Crippen LogP contribution in [0.15, 0.2) is 48.5 Å². The van der Waals surface area contributed by atoms with Crippen LogP contribution in [0.5, 0.6) is 5.75 Å². The zero-order valence-electron chi connectivity index (χ0n) is 15.0. The molecule has 0 aliphatic rings. The molecule has 4 nitrogen and oxygen atoms in total. The summed E-state index contributed by atoms with van der Waals surface area (Å²) in [7, 11) is 5.67. The van der Waals surface area contributed by atoms with Crippen molar-refractivity contribution in [2.75, 3.05) is 27.7 Å². The molecule has 1 atom stereocenters. The first-order valence-corrected chi connectivity index (χ1v) is 8.69. The molecule has 5 heteroatoms. The van der Waals surface area contributed by atoms with Crippen LogP contribution in [-0.2, 0) is 11.2 Å². The maximum absolute atomic E-state index is 12.2. The molecule has 0 aliphatic heterocycles. The van der Waals surface area contributed by atoms with Crippen LogP contribution >= 0.6 is 11.6 Å². The third-order valence-corrected chi connectivity index (χ3v) is 4.42. The van der Waals surface area contributed by atoms with Crippen molar-refractivity contribution < 1.29 is 9.53 Å². The minimum Gasteiger partial charge on any atom is -0.497 e. The number of carbonyl (C=O) groups excluding carboxylic acids is 1. The van der Waals surface area contributed by atoms with Gasteiger partial charge in [0.15, 0.2) is 0 Å². The molecule has 2 rings (SSSR count). The van der Waals surface area contributed by atoms with Crippen LogP contribution in [0.3, 0.4) is 0 Å². The molecule has 1 unspecified atom stereocenters. The fourth-order valence-corrected chi connectivity index (χ4v) is 2.76. The molecule has 1 amide bonds. The third kappa shape index (κ3) is 6.07. The molecule has 1 N–H and O–H groups in total. The van der Waals surface area contributed by atoms with Crippen molar-refractivity contribution in [3.63, 3.8) is 0 Å². The van der Waals surface area contributed by atoms with Crippen LogP contribution in [0.25, 0.3) is 0 Å². The summed E-state index contributed by atoms with van der Waals surface area (Å²) in [5.74, 6) is 0.878. The summed E-state index contributed by atoms with van der Waals surface area (Å²) in [5.41, 5.74) is 2.25. The predicted octanol–water partition coefficient (Wildman–Crippen LogP) is 3.70. The molecule has 134 valence electrons. The molecular weight excluding hydrogens is 336 g/mol. The Morgan fingerprint density at radius 1 is 1.12 bits per heavy atom. The molecular formula is C20H25ClN2O2. The van der Waals surface area contributed by atoms with E-state index in [1.165, 1.54) is 0 Å². The van der Waals surface area contributed by atoms with E-state index in [1.54, 1.807) is 7.11 Å². The van der Waals surface area contributed by atoms with E-state index < -0.39 is 0 Å². The van der Waals surface area contributed by atoms with Gasteiger partial charge in [-0.15, -0.1) is 0 Å². The zero-order valence-corrected chi connectivity index (χ0v) is 15.7. The maximum atomic E-state index is 12.2. The van der Waals surface area contributed by atoms with E-state index in [1.807, 2.05) is 62.6 Å². The van der Waals surface area contributed by atoms with Crippen molar-refractivity contribution in [2.24, 2.45) is 0 Å². The highest BCUT2D eigenvalue weighted by atomic mass is 35.5. The Morgan fingerprint density at radius 3 is 2.32 bits per heavy atom. The Kier molecular flexibility index (Phi) is 7.29. The molecule has 0 bridgehead atoms. The summed E-state index contributed by atoms with van der Waals surface area (Å²) in [4.78, 5) is 14.3. The number of benzene rings is 2. The predicted molar refractivity (Wildman–Crippen MR) is 102 cm³/mol. The smallest absolute Gasteiger partial charge is 0.220 e. The lowest BCUT2D eigenvalue weighted by atomic mass is 10.1. The van der Waals surface area contributed by atoms with Crippen molar-refractivity contribution in [2.45, 2.75) is 18.9 Å². The molecule has 0 aliphatic carbocycles. The first kappa shape index (κ1) is 19.3. The van der Waals surface area contributed by atoms with E-state index in [9.17, 15) is 4.79 Å². The van der Waals surface area contributed by atoms with Crippen LogP contribution in [-0.4, -0.2) is 38.6 Å². The molecule has 0 heterocycles. The Morgan fingerprint density at radius 2 is 1.76 bits per heavy atom. The summed E-state index contributed by atoms with van der Waals surface area (Å²) in [5, 5.41) is 3.74. The molecule has 2 aromatic rings. The summed E-state index contributed by atoms with van der Waals surface area (Å²) in [6.07, 6.45) is 1.17. The normalized spacial score (nSPS) is 12.0. The zero-order chi connectivity index (χ0) is 18.2. The largest absolute Gasteiger partial charge is 0.497 e. The molecule has 25 heavy (non-hydrogen) atoms. The Balaban J connectivity index is 1.87. The minimum absolute atomic E-state index is 0.0512. The number of nitrogens with zero attached hydrogens (tertiary/aromatic N) is 1. The standard InChI is InChI=1S/C20H25ClN2O2/c1-23(2)19(16-7-11-18(25-3)12-8-16)14-22-20(24)13-6-15-4-9-17(21)10-5-15/h4-5,7-12,19H,6,13-14H2,1-3H3,(H,22,24). The Hall–Kier alpha value is -2.04. The molecule has 0 radical (unpaired) electrons. The van der Waals surface area contributed by atoms with Crippen molar-refractivity contribution >= 4 is 17.5 Å². The van der Waals surface area contributed by atoms with E-state index in [-0.39, 0.29) is 11.9 Å². The fraction of sp³-hybridized carbons (Fsp3) is 0.350. The molecule has 0 aromatic heterocycles. The van der Waals surface area contributed by atoms with Gasteiger partial charge in [-0.1, -0.05) is 35.9 Å². The lowest BCUT2D eigenvalue weighted by molar-refractivity contribution is -0.121. The first-order valence-electron chi connectivity index (χ1n) is 8.31. The summed E-state index contributed by atoms with van der Waals surface area (Å²) in [6.45, 7) is 0.568. The average Bonchev–Trinajstić information content (AvgIpc) is 2.61. The van der Waals surface area contributed by atoms with Crippen LogP contribution in [0.1, 0.15) is 23.6 Å². The molecule has 0 spiro atoms. The lowest BCUT2D eigenvalue weighted by Gasteiger charge is -2.25. The molecule has 2 aromatic carbocycles. The number of halogens is 1. The fourth-order valence-electron chi connectivity index (χ4n) is 2.63. The molecule has 0 saturated carbocycles. The van der Waals surface area contributed by atoms with Crippen LogP contribution in [0, 0.1) is 0 Å². The summed E-state index contributed by atoms with van der Waals surface area (Å²) in [6, 6.07) is 15.7.